The van der Waals surface area contributed by atoms with Crippen molar-refractivity contribution in [2.24, 2.45) is 5.41 Å². The van der Waals surface area contributed by atoms with Gasteiger partial charge in [0.25, 0.3) is 0 Å². The third-order valence-electron chi connectivity index (χ3n) is 3.78. The van der Waals surface area contributed by atoms with Crippen molar-refractivity contribution in [2.75, 3.05) is 14.1 Å². The van der Waals surface area contributed by atoms with Gasteiger partial charge in [0.15, 0.2) is 0 Å². The van der Waals surface area contributed by atoms with Gasteiger partial charge in [-0.1, -0.05) is 20.8 Å². The first kappa shape index (κ1) is 22.4. The summed E-state index contributed by atoms with van der Waals surface area (Å²) >= 11 is 0. The molecular formula is C19H29FeNO+2. The third kappa shape index (κ3) is 6.91. The molecule has 1 N–H and O–H groups in total. The van der Waals surface area contributed by atoms with Crippen LogP contribution in [0.15, 0.2) is 0 Å². The van der Waals surface area contributed by atoms with Crippen molar-refractivity contribution in [2.45, 2.75) is 39.8 Å². The number of hydrogen-bond acceptors (Lipinski definition) is 2. The van der Waals surface area contributed by atoms with E-state index in [2.05, 4.69) is 53.1 Å². The number of aliphatic hydroxyl groups excluding tert-OH is 1. The Hall–Kier alpha value is 0.439. The SMILES string of the molecule is C[C@@H]([C]1[CH][CH][CH][C]1[C@H](O)C(C)(C)C)N(C)C.[CH]1[CH][CH][CH][CH]1.[Fe+2]. The molecular weight excluding hydrogens is 314 g/mol. The van der Waals surface area contributed by atoms with Gasteiger partial charge in [0.2, 0.25) is 0 Å². The van der Waals surface area contributed by atoms with Gasteiger partial charge in [-0.3, -0.25) is 0 Å². The molecule has 0 aromatic rings. The molecule has 122 valence electrons. The van der Waals surface area contributed by atoms with Crippen molar-refractivity contribution in [1.82, 2.24) is 4.90 Å². The van der Waals surface area contributed by atoms with Crippen LogP contribution in [0.1, 0.15) is 27.7 Å². The van der Waals surface area contributed by atoms with Gasteiger partial charge in [-0.25, -0.2) is 0 Å². The van der Waals surface area contributed by atoms with Gasteiger partial charge in [-0.05, 0) is 77.8 Å². The van der Waals surface area contributed by atoms with Crippen molar-refractivity contribution in [3.8, 4) is 0 Å². The molecule has 22 heavy (non-hydrogen) atoms. The van der Waals surface area contributed by atoms with Gasteiger partial charge in [-0.2, -0.15) is 0 Å². The van der Waals surface area contributed by atoms with Crippen molar-refractivity contribution in [3.05, 3.63) is 63.2 Å². The van der Waals surface area contributed by atoms with Crippen LogP contribution in [0.25, 0.3) is 0 Å². The summed E-state index contributed by atoms with van der Waals surface area (Å²) in [5, 5.41) is 10.3. The summed E-state index contributed by atoms with van der Waals surface area (Å²) in [5.41, 5.74) is -0.116. The molecule has 0 aromatic carbocycles. The monoisotopic (exact) mass is 343 g/mol. The Morgan fingerprint density at radius 1 is 0.864 bits per heavy atom. The zero-order valence-corrected chi connectivity index (χ0v) is 15.6. The van der Waals surface area contributed by atoms with Crippen LogP contribution in [0.4, 0.5) is 0 Å². The zero-order chi connectivity index (χ0) is 16.0. The maximum absolute atomic E-state index is 10.3. The van der Waals surface area contributed by atoms with E-state index in [4.69, 9.17) is 0 Å². The molecule has 2 nitrogen and oxygen atoms in total. The second-order valence-electron chi connectivity index (χ2n) is 6.81. The van der Waals surface area contributed by atoms with Crippen LogP contribution in [0.3, 0.4) is 0 Å². The molecule has 0 heterocycles. The summed E-state index contributed by atoms with van der Waals surface area (Å²) in [5.74, 6) is 2.29. The quantitative estimate of drug-likeness (QED) is 0.796. The summed E-state index contributed by atoms with van der Waals surface area (Å²) in [6.45, 7) is 8.35. The molecule has 2 fully saturated rings. The fourth-order valence-corrected chi connectivity index (χ4v) is 2.14. The van der Waals surface area contributed by atoms with E-state index in [0.717, 1.165) is 5.92 Å². The molecule has 0 bridgehead atoms. The molecule has 0 unspecified atom stereocenters. The maximum atomic E-state index is 10.3. The molecule has 3 heteroatoms. The Labute approximate surface area is 149 Å². The fraction of sp³-hybridized carbons (Fsp3) is 0.474. The molecule has 10 radical (unpaired) electrons. The van der Waals surface area contributed by atoms with Crippen LogP contribution in [0.2, 0.25) is 0 Å². The van der Waals surface area contributed by atoms with Crippen LogP contribution >= 0.6 is 0 Å². The molecule has 2 aliphatic rings. The van der Waals surface area contributed by atoms with Gasteiger partial charge >= 0.3 is 17.1 Å². The average molecular weight is 343 g/mol. The Morgan fingerprint density at radius 2 is 1.27 bits per heavy atom. The predicted octanol–water partition coefficient (Wildman–Crippen LogP) is 3.14. The summed E-state index contributed by atoms with van der Waals surface area (Å²) < 4.78 is 0. The molecule has 0 spiro atoms. The van der Waals surface area contributed by atoms with E-state index in [0.29, 0.717) is 6.04 Å². The standard InChI is InChI=1S/C14H24NO.C5H5.Fe/c1-10(15(5)6)11-8-7-9-12(11)13(16)14(2,3)4;1-2-4-5-3-1;/h7-10,13,16H,1-6H3;1-5H;/q;;+2/t10-,13-;;/m0../s1. The van der Waals surface area contributed by atoms with E-state index >= 15 is 0 Å². The molecule has 0 amide bonds. The molecule has 2 rings (SSSR count). The first-order valence-electron chi connectivity index (χ1n) is 7.51. The predicted molar refractivity (Wildman–Crippen MR) is 89.5 cm³/mol. The fourth-order valence-electron chi connectivity index (χ4n) is 2.14. The summed E-state index contributed by atoms with van der Waals surface area (Å²) in [6, 6.07) is 0.335. The largest absolute Gasteiger partial charge is 2.00 e. The van der Waals surface area contributed by atoms with Crippen molar-refractivity contribution < 1.29 is 22.2 Å². The van der Waals surface area contributed by atoms with Crippen molar-refractivity contribution in [3.63, 3.8) is 0 Å². The third-order valence-corrected chi connectivity index (χ3v) is 3.78. The van der Waals surface area contributed by atoms with Gasteiger partial charge in [0.05, 0.1) is 6.10 Å². The van der Waals surface area contributed by atoms with E-state index in [1.807, 2.05) is 44.9 Å². The minimum absolute atomic E-state index is 0. The van der Waals surface area contributed by atoms with Crippen molar-refractivity contribution >= 4 is 0 Å². The summed E-state index contributed by atoms with van der Waals surface area (Å²) in [7, 11) is 4.12. The number of nitrogens with zero attached hydrogens (tertiary/aromatic N) is 1. The zero-order valence-electron chi connectivity index (χ0n) is 14.5. The van der Waals surface area contributed by atoms with Crippen LogP contribution in [0.5, 0.6) is 0 Å². The summed E-state index contributed by atoms with van der Waals surface area (Å²) in [4.78, 5) is 2.16. The van der Waals surface area contributed by atoms with Gasteiger partial charge < -0.3 is 10.0 Å². The van der Waals surface area contributed by atoms with E-state index in [9.17, 15) is 5.11 Å². The first-order chi connectivity index (χ1) is 9.75. The second kappa shape index (κ2) is 10.3. The van der Waals surface area contributed by atoms with Gasteiger partial charge in [0, 0.05) is 17.9 Å². The van der Waals surface area contributed by atoms with Crippen LogP contribution in [-0.4, -0.2) is 36.2 Å². The Morgan fingerprint density at radius 3 is 1.64 bits per heavy atom. The van der Waals surface area contributed by atoms with Crippen LogP contribution in [-0.2, 0) is 17.1 Å². The Balaban J connectivity index is 0.000000622. The normalized spacial score (nSPS) is 22.9. The first-order valence-corrected chi connectivity index (χ1v) is 7.51. The minimum Gasteiger partial charge on any atom is -0.392 e. The average Bonchev–Trinajstić information content (AvgIpc) is 3.09. The van der Waals surface area contributed by atoms with Crippen molar-refractivity contribution in [1.29, 1.82) is 0 Å². The smallest absolute Gasteiger partial charge is 0.392 e. The molecule has 0 aromatic heterocycles. The molecule has 2 saturated carbocycles. The molecule has 2 aliphatic carbocycles. The van der Waals surface area contributed by atoms with Gasteiger partial charge in [0.1, 0.15) is 0 Å². The second-order valence-corrected chi connectivity index (χ2v) is 6.81. The van der Waals surface area contributed by atoms with E-state index in [1.165, 1.54) is 5.92 Å². The Kier molecular flexibility index (Phi) is 10.5. The maximum Gasteiger partial charge on any atom is 2.00 e. The molecule has 2 atom stereocenters. The van der Waals surface area contributed by atoms with Gasteiger partial charge in [-0.15, -0.1) is 0 Å². The molecule has 0 saturated heterocycles. The Bertz CT molecular complexity index is 276. The number of hydrogen-bond donors (Lipinski definition) is 1. The van der Waals surface area contributed by atoms with E-state index < -0.39 is 6.10 Å². The van der Waals surface area contributed by atoms with E-state index in [-0.39, 0.29) is 22.5 Å². The van der Waals surface area contributed by atoms with Crippen LogP contribution < -0.4 is 0 Å². The molecule has 0 aliphatic heterocycles. The topological polar surface area (TPSA) is 23.5 Å². The summed E-state index contributed by atoms with van der Waals surface area (Å²) in [6.07, 6.45) is 15.8. The number of rotatable bonds is 3. The number of aliphatic hydroxyl groups is 1. The van der Waals surface area contributed by atoms with E-state index in [1.54, 1.807) is 0 Å². The minimum atomic E-state index is -0.403. The van der Waals surface area contributed by atoms with Crippen LogP contribution in [0, 0.1) is 68.6 Å².